The highest BCUT2D eigenvalue weighted by molar-refractivity contribution is 6.42. The Balaban J connectivity index is 2.20. The van der Waals surface area contributed by atoms with Gasteiger partial charge in [0.15, 0.2) is 0 Å². The highest BCUT2D eigenvalue weighted by Gasteiger charge is 2.12. The van der Waals surface area contributed by atoms with Crippen molar-refractivity contribution in [3.05, 3.63) is 63.6 Å². The van der Waals surface area contributed by atoms with Crippen molar-refractivity contribution >= 4 is 40.9 Å². The fourth-order valence-electron chi connectivity index (χ4n) is 2.13. The van der Waals surface area contributed by atoms with Crippen molar-refractivity contribution in [2.24, 2.45) is 0 Å². The summed E-state index contributed by atoms with van der Waals surface area (Å²) in [6.45, 7) is 2.66. The minimum absolute atomic E-state index is 0.0392. The Labute approximate surface area is 163 Å². The average molecular weight is 389 g/mol. The first-order valence-corrected chi connectivity index (χ1v) is 8.90. The molecule has 2 aromatic rings. The number of carbonyl (C=O) groups is 1. The van der Waals surface area contributed by atoms with Gasteiger partial charge in [-0.2, -0.15) is 5.26 Å². The van der Waals surface area contributed by atoms with Crippen LogP contribution in [0, 0.1) is 11.3 Å². The number of nitrogens with one attached hydrogen (secondary N) is 1. The SMILES string of the molecule is CCCCOc1ccccc1/C=C(\C#N)C(=O)Nc1ccc(Cl)c(Cl)c1. The third-order valence-corrected chi connectivity index (χ3v) is 4.26. The molecule has 0 bridgehead atoms. The Hall–Kier alpha value is -2.48. The second-order valence-electron chi connectivity index (χ2n) is 5.49. The number of hydrogen-bond acceptors (Lipinski definition) is 3. The van der Waals surface area contributed by atoms with E-state index in [0.29, 0.717) is 33.7 Å². The molecule has 6 heteroatoms. The van der Waals surface area contributed by atoms with E-state index in [1.54, 1.807) is 18.2 Å². The van der Waals surface area contributed by atoms with Crippen molar-refractivity contribution in [2.75, 3.05) is 11.9 Å². The normalized spacial score (nSPS) is 10.9. The zero-order chi connectivity index (χ0) is 18.9. The molecule has 0 unspecified atom stereocenters. The van der Waals surface area contributed by atoms with E-state index in [-0.39, 0.29) is 5.57 Å². The molecule has 0 aromatic heterocycles. The van der Waals surface area contributed by atoms with Gasteiger partial charge >= 0.3 is 0 Å². The number of nitrogens with zero attached hydrogens (tertiary/aromatic N) is 1. The van der Waals surface area contributed by atoms with Crippen molar-refractivity contribution in [1.82, 2.24) is 0 Å². The van der Waals surface area contributed by atoms with E-state index in [1.165, 1.54) is 12.1 Å². The van der Waals surface area contributed by atoms with Gasteiger partial charge in [0.25, 0.3) is 5.91 Å². The maximum atomic E-state index is 12.4. The van der Waals surface area contributed by atoms with E-state index in [1.807, 2.05) is 24.3 Å². The Morgan fingerprint density at radius 3 is 2.69 bits per heavy atom. The van der Waals surface area contributed by atoms with E-state index in [2.05, 4.69) is 12.2 Å². The lowest BCUT2D eigenvalue weighted by Gasteiger charge is -2.09. The number of para-hydroxylation sites is 1. The van der Waals surface area contributed by atoms with Crippen LogP contribution in [0.3, 0.4) is 0 Å². The van der Waals surface area contributed by atoms with Gasteiger partial charge in [-0.1, -0.05) is 54.7 Å². The molecule has 0 aliphatic rings. The molecule has 2 aromatic carbocycles. The van der Waals surface area contributed by atoms with Crippen LogP contribution in [0.4, 0.5) is 5.69 Å². The van der Waals surface area contributed by atoms with Crippen LogP contribution in [0.15, 0.2) is 48.0 Å². The van der Waals surface area contributed by atoms with Gasteiger partial charge in [-0.05, 0) is 36.8 Å². The first-order valence-electron chi connectivity index (χ1n) is 8.15. The van der Waals surface area contributed by atoms with Crippen molar-refractivity contribution in [3.63, 3.8) is 0 Å². The molecule has 0 saturated carbocycles. The van der Waals surface area contributed by atoms with Gasteiger partial charge in [0.05, 0.1) is 16.7 Å². The van der Waals surface area contributed by atoms with Crippen LogP contribution in [0.1, 0.15) is 25.3 Å². The van der Waals surface area contributed by atoms with Crippen molar-refractivity contribution in [3.8, 4) is 11.8 Å². The first-order chi connectivity index (χ1) is 12.5. The molecule has 26 heavy (non-hydrogen) atoms. The number of unbranched alkanes of at least 4 members (excludes halogenated alkanes) is 1. The summed E-state index contributed by atoms with van der Waals surface area (Å²) in [5, 5.41) is 12.7. The summed E-state index contributed by atoms with van der Waals surface area (Å²) < 4.78 is 5.73. The van der Waals surface area contributed by atoms with Gasteiger partial charge in [0.2, 0.25) is 0 Å². The average Bonchev–Trinajstić information content (AvgIpc) is 2.64. The number of amides is 1. The lowest BCUT2D eigenvalue weighted by molar-refractivity contribution is -0.112. The van der Waals surface area contributed by atoms with E-state index < -0.39 is 5.91 Å². The van der Waals surface area contributed by atoms with Crippen LogP contribution in [-0.2, 0) is 4.79 Å². The zero-order valence-electron chi connectivity index (χ0n) is 14.3. The van der Waals surface area contributed by atoms with Gasteiger partial charge in [-0.3, -0.25) is 4.79 Å². The fourth-order valence-corrected chi connectivity index (χ4v) is 2.43. The Morgan fingerprint density at radius 1 is 1.23 bits per heavy atom. The number of carbonyl (C=O) groups excluding carboxylic acids is 1. The van der Waals surface area contributed by atoms with E-state index >= 15 is 0 Å². The summed E-state index contributed by atoms with van der Waals surface area (Å²) in [5.41, 5.74) is 1.09. The van der Waals surface area contributed by atoms with Crippen molar-refractivity contribution in [1.29, 1.82) is 5.26 Å². The van der Waals surface area contributed by atoms with Gasteiger partial charge in [0.1, 0.15) is 17.4 Å². The van der Waals surface area contributed by atoms with Crippen LogP contribution >= 0.6 is 23.2 Å². The molecular formula is C20H18Cl2N2O2. The smallest absolute Gasteiger partial charge is 0.266 e. The molecule has 1 amide bonds. The Kier molecular flexibility index (Phi) is 7.53. The number of rotatable bonds is 7. The molecule has 2 rings (SSSR count). The minimum atomic E-state index is -0.533. The highest BCUT2D eigenvalue weighted by Crippen LogP contribution is 2.26. The van der Waals surface area contributed by atoms with Crippen molar-refractivity contribution < 1.29 is 9.53 Å². The number of nitriles is 1. The summed E-state index contributed by atoms with van der Waals surface area (Å²) >= 11 is 11.8. The van der Waals surface area contributed by atoms with E-state index in [0.717, 1.165) is 12.8 Å². The van der Waals surface area contributed by atoms with E-state index in [4.69, 9.17) is 27.9 Å². The molecule has 0 heterocycles. The number of hydrogen-bond donors (Lipinski definition) is 1. The van der Waals surface area contributed by atoms with Crippen molar-refractivity contribution in [2.45, 2.75) is 19.8 Å². The maximum absolute atomic E-state index is 12.4. The standard InChI is InChI=1S/C20H18Cl2N2O2/c1-2-3-10-26-19-7-5-4-6-14(19)11-15(13-23)20(25)24-16-8-9-17(21)18(22)12-16/h4-9,11-12H,2-3,10H2,1H3,(H,24,25)/b15-11+. The predicted octanol–water partition coefficient (Wildman–Crippen LogP) is 5.72. The predicted molar refractivity (Wildman–Crippen MR) is 106 cm³/mol. The molecule has 0 aliphatic carbocycles. The molecule has 0 saturated heterocycles. The lowest BCUT2D eigenvalue weighted by atomic mass is 10.1. The molecule has 0 spiro atoms. The Bertz CT molecular complexity index is 857. The number of benzene rings is 2. The zero-order valence-corrected chi connectivity index (χ0v) is 15.8. The van der Waals surface area contributed by atoms with Gasteiger partial charge in [0, 0.05) is 11.3 Å². The molecule has 134 valence electrons. The second kappa shape index (κ2) is 9.86. The summed E-state index contributed by atoms with van der Waals surface area (Å²) in [7, 11) is 0. The van der Waals surface area contributed by atoms with Crippen LogP contribution in [-0.4, -0.2) is 12.5 Å². The van der Waals surface area contributed by atoms with Gasteiger partial charge in [-0.25, -0.2) is 0 Å². The number of anilines is 1. The third-order valence-electron chi connectivity index (χ3n) is 3.52. The molecule has 0 atom stereocenters. The van der Waals surface area contributed by atoms with Crippen LogP contribution in [0.2, 0.25) is 10.0 Å². The summed E-state index contributed by atoms with van der Waals surface area (Å²) in [5.74, 6) is 0.102. The molecule has 0 fully saturated rings. The molecule has 4 nitrogen and oxygen atoms in total. The Morgan fingerprint density at radius 2 is 2.00 bits per heavy atom. The summed E-state index contributed by atoms with van der Waals surface area (Å²) in [6.07, 6.45) is 3.46. The maximum Gasteiger partial charge on any atom is 0.266 e. The minimum Gasteiger partial charge on any atom is -0.493 e. The van der Waals surface area contributed by atoms with E-state index in [9.17, 15) is 10.1 Å². The molecular weight excluding hydrogens is 371 g/mol. The summed E-state index contributed by atoms with van der Waals surface area (Å²) in [6, 6.07) is 13.9. The monoisotopic (exact) mass is 388 g/mol. The van der Waals surface area contributed by atoms with Gasteiger partial charge < -0.3 is 10.1 Å². The van der Waals surface area contributed by atoms with Crippen LogP contribution in [0.5, 0.6) is 5.75 Å². The third kappa shape index (κ3) is 5.52. The summed E-state index contributed by atoms with van der Waals surface area (Å²) in [4.78, 5) is 12.4. The quantitative estimate of drug-likeness (QED) is 0.374. The molecule has 1 N–H and O–H groups in total. The molecule has 0 radical (unpaired) electrons. The topological polar surface area (TPSA) is 62.1 Å². The fraction of sp³-hybridized carbons (Fsp3) is 0.200. The first kappa shape index (κ1) is 19.8. The number of ether oxygens (including phenoxy) is 1. The van der Waals surface area contributed by atoms with Crippen LogP contribution in [0.25, 0.3) is 6.08 Å². The number of halogens is 2. The second-order valence-corrected chi connectivity index (χ2v) is 6.31. The van der Waals surface area contributed by atoms with Gasteiger partial charge in [-0.15, -0.1) is 0 Å². The lowest BCUT2D eigenvalue weighted by Crippen LogP contribution is -2.13. The van der Waals surface area contributed by atoms with Crippen LogP contribution < -0.4 is 10.1 Å². The molecule has 0 aliphatic heterocycles. The largest absolute Gasteiger partial charge is 0.493 e. The highest BCUT2D eigenvalue weighted by atomic mass is 35.5.